The van der Waals surface area contributed by atoms with Crippen LogP contribution in [0.25, 0.3) is 10.1 Å². The van der Waals surface area contributed by atoms with E-state index in [4.69, 9.17) is 0 Å². The molecule has 19 heavy (non-hydrogen) atoms. The summed E-state index contributed by atoms with van der Waals surface area (Å²) in [6.45, 7) is 3.12. The van der Waals surface area contributed by atoms with Gasteiger partial charge in [-0.1, -0.05) is 55.5 Å². The van der Waals surface area contributed by atoms with Crippen LogP contribution in [-0.4, -0.2) is 6.54 Å². The van der Waals surface area contributed by atoms with Gasteiger partial charge < -0.3 is 5.32 Å². The van der Waals surface area contributed by atoms with Gasteiger partial charge in [0.2, 0.25) is 0 Å². The molecule has 1 heterocycles. The maximum Gasteiger partial charge on any atom is 0.0671 e. The van der Waals surface area contributed by atoms with E-state index in [1.165, 1.54) is 20.5 Å². The van der Waals surface area contributed by atoms with Gasteiger partial charge in [0, 0.05) is 9.58 Å². The number of nitrogens with one attached hydrogen (secondary N) is 1. The zero-order valence-corrected chi connectivity index (χ0v) is 11.8. The number of hydrogen-bond donors (Lipinski definition) is 1. The van der Waals surface area contributed by atoms with Crippen LogP contribution in [0.3, 0.4) is 0 Å². The van der Waals surface area contributed by atoms with Crippen molar-refractivity contribution in [1.29, 1.82) is 0 Å². The summed E-state index contributed by atoms with van der Waals surface area (Å²) in [5.41, 5.74) is 1.33. The highest BCUT2D eigenvalue weighted by molar-refractivity contribution is 7.19. The third kappa shape index (κ3) is 2.55. The van der Waals surface area contributed by atoms with Crippen LogP contribution in [0.5, 0.6) is 0 Å². The lowest BCUT2D eigenvalue weighted by Crippen LogP contribution is -2.20. The molecular weight excluding hydrogens is 250 g/mol. The highest BCUT2D eigenvalue weighted by Gasteiger charge is 2.15. The normalized spacial score (nSPS) is 12.7. The number of benzene rings is 2. The Hall–Kier alpha value is -1.64. The molecule has 0 spiro atoms. The maximum absolute atomic E-state index is 3.59. The van der Waals surface area contributed by atoms with Gasteiger partial charge in [-0.3, -0.25) is 0 Å². The second-order valence-electron chi connectivity index (χ2n) is 4.59. The van der Waals surface area contributed by atoms with Gasteiger partial charge in [0.25, 0.3) is 0 Å². The first-order chi connectivity index (χ1) is 9.38. The average Bonchev–Trinajstić information content (AvgIpc) is 2.89. The first-order valence-electron chi connectivity index (χ1n) is 6.65. The van der Waals surface area contributed by atoms with E-state index in [-0.39, 0.29) is 0 Å². The molecule has 2 aromatic carbocycles. The van der Waals surface area contributed by atoms with E-state index in [0.717, 1.165) is 6.54 Å². The lowest BCUT2D eigenvalue weighted by molar-refractivity contribution is 0.640. The molecule has 0 radical (unpaired) electrons. The van der Waals surface area contributed by atoms with Crippen LogP contribution in [0.4, 0.5) is 0 Å². The van der Waals surface area contributed by atoms with Crippen molar-refractivity contribution < 1.29 is 0 Å². The first kappa shape index (κ1) is 12.4. The van der Waals surface area contributed by atoms with Crippen LogP contribution in [0.1, 0.15) is 23.4 Å². The minimum absolute atomic E-state index is 0.295. The van der Waals surface area contributed by atoms with Crippen molar-refractivity contribution in [3.8, 4) is 0 Å². The van der Waals surface area contributed by atoms with Gasteiger partial charge in [-0.15, -0.1) is 11.3 Å². The molecule has 0 amide bonds. The minimum Gasteiger partial charge on any atom is -0.306 e. The third-order valence-corrected chi connectivity index (χ3v) is 4.45. The predicted molar refractivity (Wildman–Crippen MR) is 83.8 cm³/mol. The second-order valence-corrected chi connectivity index (χ2v) is 5.70. The molecule has 0 saturated heterocycles. The van der Waals surface area contributed by atoms with Gasteiger partial charge in [-0.25, -0.2) is 0 Å². The van der Waals surface area contributed by atoms with Crippen LogP contribution in [0.2, 0.25) is 0 Å². The van der Waals surface area contributed by atoms with E-state index < -0.39 is 0 Å². The molecular formula is C17H17NS. The highest BCUT2D eigenvalue weighted by Crippen LogP contribution is 2.32. The summed E-state index contributed by atoms with van der Waals surface area (Å²) in [7, 11) is 0. The third-order valence-electron chi connectivity index (χ3n) is 3.27. The van der Waals surface area contributed by atoms with Crippen LogP contribution >= 0.6 is 11.3 Å². The summed E-state index contributed by atoms with van der Waals surface area (Å²) in [6, 6.07) is 21.8. The van der Waals surface area contributed by atoms with E-state index in [0.29, 0.717) is 6.04 Å². The smallest absolute Gasteiger partial charge is 0.0671 e. The quantitative estimate of drug-likeness (QED) is 0.728. The molecule has 96 valence electrons. The molecule has 0 aliphatic carbocycles. The maximum atomic E-state index is 3.59. The molecule has 0 aliphatic rings. The van der Waals surface area contributed by atoms with Crippen molar-refractivity contribution in [1.82, 2.24) is 5.32 Å². The van der Waals surface area contributed by atoms with Gasteiger partial charge in [0.1, 0.15) is 0 Å². The number of rotatable bonds is 4. The Kier molecular flexibility index (Phi) is 3.62. The van der Waals surface area contributed by atoms with Crippen LogP contribution in [0.15, 0.2) is 60.7 Å². The lowest BCUT2D eigenvalue weighted by atomic mass is 10.0. The molecule has 2 heteroatoms. The topological polar surface area (TPSA) is 12.0 Å². The molecule has 0 fully saturated rings. The van der Waals surface area contributed by atoms with Gasteiger partial charge in [0.05, 0.1) is 6.04 Å². The number of thiophene rings is 1. The predicted octanol–water partition coefficient (Wildman–Crippen LogP) is 4.60. The van der Waals surface area contributed by atoms with E-state index >= 15 is 0 Å². The second kappa shape index (κ2) is 5.55. The van der Waals surface area contributed by atoms with E-state index in [1.807, 2.05) is 11.3 Å². The Morgan fingerprint density at radius 3 is 2.47 bits per heavy atom. The fraction of sp³-hybridized carbons (Fsp3) is 0.176. The molecule has 0 bridgehead atoms. The molecule has 3 rings (SSSR count). The van der Waals surface area contributed by atoms with Gasteiger partial charge in [-0.2, -0.15) is 0 Å². The van der Waals surface area contributed by atoms with Crippen molar-refractivity contribution >= 4 is 21.4 Å². The van der Waals surface area contributed by atoms with Gasteiger partial charge in [0.15, 0.2) is 0 Å². The minimum atomic E-state index is 0.295. The van der Waals surface area contributed by atoms with Crippen LogP contribution in [0, 0.1) is 0 Å². The Morgan fingerprint density at radius 1 is 1.00 bits per heavy atom. The largest absolute Gasteiger partial charge is 0.306 e. The van der Waals surface area contributed by atoms with Crippen molar-refractivity contribution in [3.63, 3.8) is 0 Å². The van der Waals surface area contributed by atoms with Crippen molar-refractivity contribution in [2.75, 3.05) is 6.54 Å². The standard InChI is InChI=1S/C17H17NS/c1-2-18-17(13-8-4-3-5-9-13)16-12-14-10-6-7-11-15(14)19-16/h3-12,17-18H,2H2,1H3. The van der Waals surface area contributed by atoms with Crippen molar-refractivity contribution in [2.24, 2.45) is 0 Å². The highest BCUT2D eigenvalue weighted by atomic mass is 32.1. The molecule has 0 saturated carbocycles. The fourth-order valence-electron chi connectivity index (χ4n) is 2.38. The molecule has 1 nitrogen and oxygen atoms in total. The lowest BCUT2D eigenvalue weighted by Gasteiger charge is -2.16. The van der Waals surface area contributed by atoms with Gasteiger partial charge in [-0.05, 0) is 29.6 Å². The zero-order chi connectivity index (χ0) is 13.1. The Balaban J connectivity index is 2.04. The first-order valence-corrected chi connectivity index (χ1v) is 7.47. The summed E-state index contributed by atoms with van der Waals surface area (Å²) in [5, 5.41) is 4.92. The summed E-state index contributed by atoms with van der Waals surface area (Å²) >= 11 is 1.88. The number of fused-ring (bicyclic) bond motifs is 1. The van der Waals surface area contributed by atoms with Crippen molar-refractivity contribution in [2.45, 2.75) is 13.0 Å². The zero-order valence-electron chi connectivity index (χ0n) is 11.0. The van der Waals surface area contributed by atoms with E-state index in [2.05, 4.69) is 72.9 Å². The van der Waals surface area contributed by atoms with E-state index in [1.54, 1.807) is 0 Å². The van der Waals surface area contributed by atoms with E-state index in [9.17, 15) is 0 Å². The molecule has 3 aromatic rings. The summed E-state index contributed by atoms with van der Waals surface area (Å²) in [6.07, 6.45) is 0. The molecule has 1 unspecified atom stereocenters. The van der Waals surface area contributed by atoms with Crippen LogP contribution < -0.4 is 5.32 Å². The summed E-state index contributed by atoms with van der Waals surface area (Å²) in [4.78, 5) is 1.38. The SMILES string of the molecule is CCNC(c1ccccc1)c1cc2ccccc2s1. The Labute approximate surface area is 117 Å². The number of hydrogen-bond acceptors (Lipinski definition) is 2. The van der Waals surface area contributed by atoms with Crippen molar-refractivity contribution in [3.05, 3.63) is 71.1 Å². The fourth-order valence-corrected chi connectivity index (χ4v) is 3.55. The summed E-state index contributed by atoms with van der Waals surface area (Å²) < 4.78 is 1.36. The summed E-state index contributed by atoms with van der Waals surface area (Å²) in [5.74, 6) is 0. The molecule has 1 aromatic heterocycles. The molecule has 1 atom stereocenters. The monoisotopic (exact) mass is 267 g/mol. The molecule has 0 aliphatic heterocycles. The molecule has 1 N–H and O–H groups in total. The van der Waals surface area contributed by atoms with Gasteiger partial charge >= 0.3 is 0 Å². The average molecular weight is 267 g/mol. The Bertz CT molecular complexity index is 624. The van der Waals surface area contributed by atoms with Crippen LogP contribution in [-0.2, 0) is 0 Å². The Morgan fingerprint density at radius 2 is 1.74 bits per heavy atom.